The number of nitrogens with zero attached hydrogens (tertiary/aromatic N) is 1. The maximum atomic E-state index is 12.3. The zero-order valence-electron chi connectivity index (χ0n) is 12.9. The number of likely N-dealkylation sites (tertiary alicyclic amines) is 1. The standard InChI is InChI=1S/C18H27NOS/c20-21(17-7-3-1-4-8-17)16-15-19-13-11-18(12-14-19)9-5-2-6-10-18/h1,3-4,7-8H,2,5-6,9-16H2. The minimum absolute atomic E-state index is 0.674. The van der Waals surface area contributed by atoms with Gasteiger partial charge in [0.15, 0.2) is 0 Å². The lowest BCUT2D eigenvalue weighted by Crippen LogP contribution is -2.42. The second kappa shape index (κ2) is 7.06. The Morgan fingerprint density at radius 1 is 0.952 bits per heavy atom. The summed E-state index contributed by atoms with van der Waals surface area (Å²) < 4.78 is 12.3. The zero-order chi connectivity index (χ0) is 14.5. The molecular formula is C18H27NOS. The molecule has 116 valence electrons. The number of rotatable bonds is 4. The fourth-order valence-electron chi connectivity index (χ4n) is 3.95. The van der Waals surface area contributed by atoms with Crippen molar-refractivity contribution in [2.45, 2.75) is 49.8 Å². The lowest BCUT2D eigenvalue weighted by Gasteiger charge is -2.44. The van der Waals surface area contributed by atoms with Crippen LogP contribution in [0, 0.1) is 5.41 Å². The van der Waals surface area contributed by atoms with Crippen LogP contribution in [0.3, 0.4) is 0 Å². The summed E-state index contributed by atoms with van der Waals surface area (Å²) in [6, 6.07) is 9.88. The molecule has 1 aliphatic carbocycles. The Bertz CT molecular complexity index is 457. The SMILES string of the molecule is O=S(CCN1CCC2(CCCCC2)CC1)c1ccccc1. The van der Waals surface area contributed by atoms with Gasteiger partial charge < -0.3 is 4.90 Å². The molecule has 0 amide bonds. The molecule has 2 aliphatic rings. The van der Waals surface area contributed by atoms with E-state index in [0.29, 0.717) is 5.41 Å². The van der Waals surface area contributed by atoms with E-state index in [1.807, 2.05) is 30.3 Å². The van der Waals surface area contributed by atoms with Crippen molar-refractivity contribution in [3.8, 4) is 0 Å². The third-order valence-corrected chi connectivity index (χ3v) is 6.78. The van der Waals surface area contributed by atoms with Gasteiger partial charge in [-0.25, -0.2) is 0 Å². The van der Waals surface area contributed by atoms with Crippen LogP contribution in [0.15, 0.2) is 35.2 Å². The van der Waals surface area contributed by atoms with Gasteiger partial charge in [0.25, 0.3) is 0 Å². The van der Waals surface area contributed by atoms with E-state index >= 15 is 0 Å². The topological polar surface area (TPSA) is 20.3 Å². The summed E-state index contributed by atoms with van der Waals surface area (Å²) in [5, 5.41) is 0. The molecule has 1 saturated carbocycles. The lowest BCUT2D eigenvalue weighted by molar-refractivity contribution is 0.0711. The van der Waals surface area contributed by atoms with Crippen LogP contribution in [0.5, 0.6) is 0 Å². The van der Waals surface area contributed by atoms with Crippen LogP contribution in [0.2, 0.25) is 0 Å². The molecule has 1 aromatic rings. The van der Waals surface area contributed by atoms with E-state index in [4.69, 9.17) is 0 Å². The minimum Gasteiger partial charge on any atom is -0.302 e. The van der Waals surface area contributed by atoms with Crippen LogP contribution in [0.25, 0.3) is 0 Å². The Labute approximate surface area is 131 Å². The molecule has 0 bridgehead atoms. The van der Waals surface area contributed by atoms with Crippen LogP contribution in [0.4, 0.5) is 0 Å². The maximum Gasteiger partial charge on any atom is 0.0542 e. The van der Waals surface area contributed by atoms with Gasteiger partial charge in [0, 0.05) is 17.2 Å². The van der Waals surface area contributed by atoms with Gasteiger partial charge in [-0.3, -0.25) is 4.21 Å². The highest BCUT2D eigenvalue weighted by molar-refractivity contribution is 7.85. The van der Waals surface area contributed by atoms with Crippen LogP contribution >= 0.6 is 0 Å². The number of hydrogen-bond acceptors (Lipinski definition) is 2. The lowest BCUT2D eigenvalue weighted by atomic mass is 9.68. The molecule has 3 rings (SSSR count). The summed E-state index contributed by atoms with van der Waals surface area (Å²) >= 11 is 0. The fourth-order valence-corrected chi connectivity index (χ4v) is 5.08. The molecule has 1 aliphatic heterocycles. The van der Waals surface area contributed by atoms with Crippen molar-refractivity contribution in [2.75, 3.05) is 25.4 Å². The highest BCUT2D eigenvalue weighted by atomic mass is 32.2. The van der Waals surface area contributed by atoms with E-state index in [2.05, 4.69) is 4.90 Å². The Hall–Kier alpha value is -0.670. The second-order valence-electron chi connectivity index (χ2n) is 6.76. The Morgan fingerprint density at radius 2 is 1.62 bits per heavy atom. The normalized spacial score (nSPS) is 24.0. The van der Waals surface area contributed by atoms with Gasteiger partial charge in [0.05, 0.1) is 10.8 Å². The molecule has 2 fully saturated rings. The predicted octanol–water partition coefficient (Wildman–Crippen LogP) is 3.84. The van der Waals surface area contributed by atoms with Crippen molar-refractivity contribution in [1.82, 2.24) is 4.90 Å². The molecule has 3 heteroatoms. The quantitative estimate of drug-likeness (QED) is 0.842. The summed E-state index contributed by atoms with van der Waals surface area (Å²) in [7, 11) is -0.840. The van der Waals surface area contributed by atoms with Crippen molar-refractivity contribution in [3.05, 3.63) is 30.3 Å². The molecule has 1 aromatic carbocycles. The van der Waals surface area contributed by atoms with E-state index in [-0.39, 0.29) is 0 Å². The molecule has 0 N–H and O–H groups in total. The van der Waals surface area contributed by atoms with Crippen molar-refractivity contribution in [1.29, 1.82) is 0 Å². The van der Waals surface area contributed by atoms with E-state index in [9.17, 15) is 4.21 Å². The number of hydrogen-bond donors (Lipinski definition) is 0. The van der Waals surface area contributed by atoms with Crippen LogP contribution in [-0.2, 0) is 10.8 Å². The highest BCUT2D eigenvalue weighted by Gasteiger charge is 2.35. The zero-order valence-corrected chi connectivity index (χ0v) is 13.7. The minimum atomic E-state index is -0.840. The van der Waals surface area contributed by atoms with Gasteiger partial charge in [-0.05, 0) is 56.3 Å². The van der Waals surface area contributed by atoms with Crippen molar-refractivity contribution >= 4 is 10.8 Å². The van der Waals surface area contributed by atoms with Gasteiger partial charge in [-0.2, -0.15) is 0 Å². The molecule has 1 atom stereocenters. The Morgan fingerprint density at radius 3 is 2.29 bits per heavy atom. The van der Waals surface area contributed by atoms with Gasteiger partial charge in [0.1, 0.15) is 0 Å². The third-order valence-electron chi connectivity index (χ3n) is 5.43. The number of benzene rings is 1. The first-order valence-corrected chi connectivity index (χ1v) is 9.75. The summed E-state index contributed by atoms with van der Waals surface area (Å²) in [6.07, 6.45) is 9.97. The first kappa shape index (κ1) is 15.2. The van der Waals surface area contributed by atoms with Crippen molar-refractivity contribution < 1.29 is 4.21 Å². The summed E-state index contributed by atoms with van der Waals surface area (Å²) in [4.78, 5) is 3.50. The van der Waals surface area contributed by atoms with Crippen LogP contribution < -0.4 is 0 Å². The molecule has 0 aromatic heterocycles. The second-order valence-corrected chi connectivity index (χ2v) is 8.34. The largest absolute Gasteiger partial charge is 0.302 e. The molecule has 2 nitrogen and oxygen atoms in total. The maximum absolute atomic E-state index is 12.3. The average molecular weight is 305 g/mol. The monoisotopic (exact) mass is 305 g/mol. The molecular weight excluding hydrogens is 278 g/mol. The highest BCUT2D eigenvalue weighted by Crippen LogP contribution is 2.44. The smallest absolute Gasteiger partial charge is 0.0542 e. The van der Waals surface area contributed by atoms with E-state index in [1.165, 1.54) is 58.0 Å². The van der Waals surface area contributed by atoms with Crippen LogP contribution in [0.1, 0.15) is 44.9 Å². The van der Waals surface area contributed by atoms with Gasteiger partial charge in [-0.15, -0.1) is 0 Å². The van der Waals surface area contributed by atoms with Gasteiger partial charge >= 0.3 is 0 Å². The van der Waals surface area contributed by atoms with Gasteiger partial charge in [-0.1, -0.05) is 37.5 Å². The van der Waals surface area contributed by atoms with E-state index in [0.717, 1.165) is 17.2 Å². The first-order valence-electron chi connectivity index (χ1n) is 8.43. The Balaban J connectivity index is 1.44. The summed E-state index contributed by atoms with van der Waals surface area (Å²) in [5.74, 6) is 0.775. The predicted molar refractivity (Wildman–Crippen MR) is 88.9 cm³/mol. The van der Waals surface area contributed by atoms with E-state index in [1.54, 1.807) is 0 Å². The Kier molecular flexibility index (Phi) is 5.12. The number of piperidine rings is 1. The first-order chi connectivity index (χ1) is 10.3. The molecule has 1 spiro atoms. The summed E-state index contributed by atoms with van der Waals surface area (Å²) in [5.41, 5.74) is 0.674. The molecule has 1 unspecified atom stereocenters. The molecule has 21 heavy (non-hydrogen) atoms. The molecule has 1 saturated heterocycles. The average Bonchev–Trinajstić information content (AvgIpc) is 2.56. The molecule has 0 radical (unpaired) electrons. The molecule has 1 heterocycles. The van der Waals surface area contributed by atoms with Gasteiger partial charge in [0.2, 0.25) is 0 Å². The third kappa shape index (κ3) is 3.95. The van der Waals surface area contributed by atoms with Crippen molar-refractivity contribution in [2.24, 2.45) is 5.41 Å². The van der Waals surface area contributed by atoms with E-state index < -0.39 is 10.8 Å². The van der Waals surface area contributed by atoms with Crippen molar-refractivity contribution in [3.63, 3.8) is 0 Å². The fraction of sp³-hybridized carbons (Fsp3) is 0.667. The van der Waals surface area contributed by atoms with Crippen LogP contribution in [-0.4, -0.2) is 34.5 Å². The summed E-state index contributed by atoms with van der Waals surface area (Å²) in [6.45, 7) is 3.41.